The number of carboxylic acid groups (broad SMARTS) is 2. The van der Waals surface area contributed by atoms with Gasteiger partial charge >= 0.3 is 18.1 Å². The number of hydrogen-bond acceptors (Lipinski definition) is 4. The number of nitrogens with zero attached hydrogens (tertiary/aromatic N) is 1. The maximum Gasteiger partial charge on any atom is 0.490 e. The minimum absolute atomic E-state index is 0.143. The van der Waals surface area contributed by atoms with Crippen molar-refractivity contribution in [3.63, 3.8) is 0 Å². The summed E-state index contributed by atoms with van der Waals surface area (Å²) in [4.78, 5) is 35.3. The Balaban J connectivity index is 0.000000640. The highest BCUT2D eigenvalue weighted by Gasteiger charge is 2.38. The standard InChI is InChI=1S/C12H16N2O3.C2HF3O2/c1-8(2)11(12(16)17)14-10(15)6-9-4-3-5-13-7-9;3-2(4,5)1(6)7/h3-5,7-8,11H,6H2,1-2H3,(H,14,15)(H,16,17);(H,6,7)/t11-;/m1./s1. The summed E-state index contributed by atoms with van der Waals surface area (Å²) in [5.41, 5.74) is 0.762. The molecule has 24 heavy (non-hydrogen) atoms. The normalized spacial score (nSPS) is 11.9. The number of carbonyl (C=O) groups is 3. The van der Waals surface area contributed by atoms with Crippen LogP contribution in [0.2, 0.25) is 0 Å². The maximum absolute atomic E-state index is 11.6. The first kappa shape index (κ1) is 21.4. The summed E-state index contributed by atoms with van der Waals surface area (Å²) < 4.78 is 31.7. The number of nitrogens with one attached hydrogen (secondary N) is 1. The van der Waals surface area contributed by atoms with Gasteiger partial charge in [-0.3, -0.25) is 9.78 Å². The fourth-order valence-corrected chi connectivity index (χ4v) is 1.43. The fourth-order valence-electron chi connectivity index (χ4n) is 1.43. The third kappa shape index (κ3) is 8.71. The van der Waals surface area contributed by atoms with Crippen LogP contribution in [0.5, 0.6) is 0 Å². The van der Waals surface area contributed by atoms with E-state index in [0.29, 0.717) is 0 Å². The smallest absolute Gasteiger partial charge is 0.480 e. The second-order valence-electron chi connectivity index (χ2n) is 4.97. The van der Waals surface area contributed by atoms with Crippen LogP contribution in [0.4, 0.5) is 13.2 Å². The number of halogens is 3. The predicted octanol–water partition coefficient (Wildman–Crippen LogP) is 1.48. The average molecular weight is 350 g/mol. The van der Waals surface area contributed by atoms with Crippen molar-refractivity contribution in [3.8, 4) is 0 Å². The molecule has 134 valence electrons. The predicted molar refractivity (Wildman–Crippen MR) is 76.0 cm³/mol. The van der Waals surface area contributed by atoms with Gasteiger partial charge in [0.15, 0.2) is 0 Å². The second kappa shape index (κ2) is 9.48. The van der Waals surface area contributed by atoms with Gasteiger partial charge < -0.3 is 15.5 Å². The Morgan fingerprint density at radius 2 is 1.79 bits per heavy atom. The van der Waals surface area contributed by atoms with Crippen LogP contribution in [0.3, 0.4) is 0 Å². The highest BCUT2D eigenvalue weighted by Crippen LogP contribution is 2.13. The first-order chi connectivity index (χ1) is 10.9. The third-order valence-corrected chi connectivity index (χ3v) is 2.58. The molecule has 1 atom stereocenters. The van der Waals surface area contributed by atoms with Gasteiger partial charge in [0.05, 0.1) is 6.42 Å². The number of aromatic nitrogens is 1. The monoisotopic (exact) mass is 350 g/mol. The zero-order valence-electron chi connectivity index (χ0n) is 12.9. The molecule has 0 spiro atoms. The van der Waals surface area contributed by atoms with Crippen LogP contribution >= 0.6 is 0 Å². The summed E-state index contributed by atoms with van der Waals surface area (Å²) >= 11 is 0. The molecule has 3 N–H and O–H groups in total. The van der Waals surface area contributed by atoms with Crippen LogP contribution in [-0.2, 0) is 20.8 Å². The molecule has 1 aromatic rings. The lowest BCUT2D eigenvalue weighted by atomic mass is 10.0. The summed E-state index contributed by atoms with van der Waals surface area (Å²) in [5.74, 6) is -4.23. The number of pyridine rings is 1. The number of alkyl halides is 3. The number of carbonyl (C=O) groups excluding carboxylic acids is 1. The van der Waals surface area contributed by atoms with E-state index in [9.17, 15) is 22.8 Å². The molecule has 7 nitrogen and oxygen atoms in total. The number of amides is 1. The summed E-state index contributed by atoms with van der Waals surface area (Å²) in [5, 5.41) is 18.6. The Morgan fingerprint density at radius 1 is 1.25 bits per heavy atom. The van der Waals surface area contributed by atoms with Crippen molar-refractivity contribution in [1.82, 2.24) is 10.3 Å². The summed E-state index contributed by atoms with van der Waals surface area (Å²) in [7, 11) is 0. The highest BCUT2D eigenvalue weighted by molar-refractivity contribution is 5.84. The largest absolute Gasteiger partial charge is 0.490 e. The second-order valence-corrected chi connectivity index (χ2v) is 4.97. The summed E-state index contributed by atoms with van der Waals surface area (Å²) in [6, 6.07) is 2.66. The molecule has 0 fully saturated rings. The lowest BCUT2D eigenvalue weighted by molar-refractivity contribution is -0.192. The van der Waals surface area contributed by atoms with Gasteiger partial charge in [-0.25, -0.2) is 9.59 Å². The van der Waals surface area contributed by atoms with Crippen molar-refractivity contribution in [2.75, 3.05) is 0 Å². The minimum Gasteiger partial charge on any atom is -0.480 e. The van der Waals surface area contributed by atoms with E-state index in [1.165, 1.54) is 0 Å². The molecule has 0 saturated carbocycles. The van der Waals surface area contributed by atoms with Gasteiger partial charge in [0.25, 0.3) is 0 Å². The van der Waals surface area contributed by atoms with E-state index in [1.807, 2.05) is 0 Å². The zero-order valence-corrected chi connectivity index (χ0v) is 12.9. The molecule has 0 aromatic carbocycles. The summed E-state index contributed by atoms with van der Waals surface area (Å²) in [6.07, 6.45) is -1.73. The quantitative estimate of drug-likeness (QED) is 0.741. The van der Waals surface area contributed by atoms with Crippen molar-refractivity contribution >= 4 is 17.8 Å². The number of rotatable bonds is 5. The van der Waals surface area contributed by atoms with Gasteiger partial charge in [-0.15, -0.1) is 0 Å². The zero-order chi connectivity index (χ0) is 18.9. The molecular weight excluding hydrogens is 333 g/mol. The Labute approximate surface area is 135 Å². The molecular formula is C14H17F3N2O5. The van der Waals surface area contributed by atoms with Crippen molar-refractivity contribution < 1.29 is 37.8 Å². The molecule has 1 aromatic heterocycles. The van der Waals surface area contributed by atoms with Crippen LogP contribution in [0.1, 0.15) is 19.4 Å². The van der Waals surface area contributed by atoms with Gasteiger partial charge in [0.1, 0.15) is 6.04 Å². The molecule has 0 unspecified atom stereocenters. The van der Waals surface area contributed by atoms with Crippen molar-refractivity contribution in [1.29, 1.82) is 0 Å². The lowest BCUT2D eigenvalue weighted by Gasteiger charge is -2.17. The van der Waals surface area contributed by atoms with Gasteiger partial charge in [-0.2, -0.15) is 13.2 Å². The molecule has 0 aliphatic carbocycles. The van der Waals surface area contributed by atoms with E-state index in [1.54, 1.807) is 38.4 Å². The molecule has 10 heteroatoms. The molecule has 0 aliphatic rings. The third-order valence-electron chi connectivity index (χ3n) is 2.58. The number of aliphatic carboxylic acids is 2. The van der Waals surface area contributed by atoms with E-state index in [2.05, 4.69) is 10.3 Å². The SMILES string of the molecule is CC(C)[C@@H](NC(=O)Cc1cccnc1)C(=O)O.O=C(O)C(F)(F)F. The van der Waals surface area contributed by atoms with Gasteiger partial charge in [-0.1, -0.05) is 19.9 Å². The maximum atomic E-state index is 11.6. The lowest BCUT2D eigenvalue weighted by Crippen LogP contribution is -2.44. The molecule has 0 bridgehead atoms. The molecule has 1 amide bonds. The van der Waals surface area contributed by atoms with E-state index >= 15 is 0 Å². The van der Waals surface area contributed by atoms with Crippen LogP contribution in [0.15, 0.2) is 24.5 Å². The first-order valence-corrected chi connectivity index (χ1v) is 6.66. The van der Waals surface area contributed by atoms with Gasteiger partial charge in [-0.05, 0) is 17.5 Å². The Bertz CT molecular complexity index is 561. The van der Waals surface area contributed by atoms with E-state index in [0.717, 1.165) is 5.56 Å². The van der Waals surface area contributed by atoms with Crippen LogP contribution in [0.25, 0.3) is 0 Å². The van der Waals surface area contributed by atoms with Crippen molar-refractivity contribution in [2.24, 2.45) is 5.92 Å². The highest BCUT2D eigenvalue weighted by atomic mass is 19.4. The average Bonchev–Trinajstić information content (AvgIpc) is 2.44. The van der Waals surface area contributed by atoms with E-state index < -0.39 is 24.2 Å². The van der Waals surface area contributed by atoms with Crippen molar-refractivity contribution in [2.45, 2.75) is 32.5 Å². The van der Waals surface area contributed by atoms with Crippen molar-refractivity contribution in [3.05, 3.63) is 30.1 Å². The summed E-state index contributed by atoms with van der Waals surface area (Å²) in [6.45, 7) is 3.51. The molecule has 0 aliphatic heterocycles. The molecule has 0 saturated heterocycles. The Kier molecular flexibility index (Phi) is 8.43. The molecule has 1 heterocycles. The Morgan fingerprint density at radius 3 is 2.12 bits per heavy atom. The van der Waals surface area contributed by atoms with Crippen LogP contribution < -0.4 is 5.32 Å². The molecule has 1 rings (SSSR count). The van der Waals surface area contributed by atoms with E-state index in [4.69, 9.17) is 15.0 Å². The minimum atomic E-state index is -5.08. The first-order valence-electron chi connectivity index (χ1n) is 6.66. The number of carboxylic acids is 2. The fraction of sp³-hybridized carbons (Fsp3) is 0.429. The number of hydrogen-bond donors (Lipinski definition) is 3. The Hall–Kier alpha value is -2.65. The van der Waals surface area contributed by atoms with Crippen LogP contribution in [-0.4, -0.2) is 45.3 Å². The van der Waals surface area contributed by atoms with Crippen LogP contribution in [0, 0.1) is 5.92 Å². The molecule has 0 radical (unpaired) electrons. The van der Waals surface area contributed by atoms with E-state index in [-0.39, 0.29) is 18.2 Å². The topological polar surface area (TPSA) is 117 Å². The van der Waals surface area contributed by atoms with Gasteiger partial charge in [0, 0.05) is 12.4 Å². The van der Waals surface area contributed by atoms with Gasteiger partial charge in [0.2, 0.25) is 5.91 Å².